The molecule has 0 aromatic carbocycles. The second-order valence-corrected chi connectivity index (χ2v) is 6.63. The maximum absolute atomic E-state index is 11.3. The first-order valence-corrected chi connectivity index (χ1v) is 6.26. The van der Waals surface area contributed by atoms with Gasteiger partial charge in [-0.1, -0.05) is 6.92 Å². The number of aliphatic hydroxyl groups is 1. The predicted octanol–water partition coefficient (Wildman–Crippen LogP) is -0.678. The lowest BCUT2D eigenvalue weighted by Crippen LogP contribution is -2.67. The highest BCUT2D eigenvalue weighted by molar-refractivity contribution is 7.93. The van der Waals surface area contributed by atoms with E-state index in [9.17, 15) is 13.5 Å². The van der Waals surface area contributed by atoms with Crippen LogP contribution in [0.4, 0.5) is 0 Å². The van der Waals surface area contributed by atoms with Gasteiger partial charge in [0.1, 0.15) is 5.60 Å². The van der Waals surface area contributed by atoms with Crippen LogP contribution in [-0.2, 0) is 14.6 Å². The molecule has 3 fully saturated rings. The van der Waals surface area contributed by atoms with Crippen molar-refractivity contribution in [2.45, 2.75) is 36.4 Å². The van der Waals surface area contributed by atoms with E-state index in [1.165, 1.54) is 0 Å². The van der Waals surface area contributed by atoms with Crippen LogP contribution in [0.1, 0.15) is 13.3 Å². The molecule has 5 atom stereocenters. The van der Waals surface area contributed by atoms with Crippen molar-refractivity contribution in [2.24, 2.45) is 5.92 Å². The normalized spacial score (nSPS) is 61.7. The molecule has 5 heteroatoms. The number of hydrogen-bond acceptors (Lipinski definition) is 4. The first-order chi connectivity index (χ1) is 5.97. The van der Waals surface area contributed by atoms with Crippen molar-refractivity contribution in [1.82, 2.24) is 0 Å². The fourth-order valence-corrected chi connectivity index (χ4v) is 5.37. The van der Waals surface area contributed by atoms with Crippen molar-refractivity contribution >= 4 is 9.84 Å². The van der Waals surface area contributed by atoms with Crippen LogP contribution in [0.25, 0.3) is 0 Å². The Balaban J connectivity index is 2.05. The van der Waals surface area contributed by atoms with E-state index in [0.29, 0.717) is 6.42 Å². The van der Waals surface area contributed by atoms with Gasteiger partial charge in [0, 0.05) is 5.92 Å². The summed E-state index contributed by atoms with van der Waals surface area (Å²) in [4.78, 5) is 0. The second-order valence-electron chi connectivity index (χ2n) is 4.45. The van der Waals surface area contributed by atoms with Crippen LogP contribution in [0.2, 0.25) is 0 Å². The average Bonchev–Trinajstić information content (AvgIpc) is 2.47. The number of ether oxygens (including phenoxy) is 1. The molecule has 3 rings (SSSR count). The zero-order valence-corrected chi connectivity index (χ0v) is 8.12. The van der Waals surface area contributed by atoms with Crippen LogP contribution in [0.15, 0.2) is 0 Å². The zero-order valence-electron chi connectivity index (χ0n) is 7.30. The summed E-state index contributed by atoms with van der Waals surface area (Å²) in [6, 6.07) is 0. The molecular formula is C8H12O4S. The summed E-state index contributed by atoms with van der Waals surface area (Å²) in [5, 5.41) is 9.39. The Morgan fingerprint density at radius 3 is 2.77 bits per heavy atom. The standard InChI is InChI=1S/C8H12O4S/c1-4-5-2-6-8(12-5,7(4)9)3-13(6,10)11/h4-7,9H,2-3H2,1H3. The Bertz CT molecular complexity index is 362. The summed E-state index contributed by atoms with van der Waals surface area (Å²) in [5.41, 5.74) is -0.719. The Morgan fingerprint density at radius 2 is 2.23 bits per heavy atom. The number of aliphatic hydroxyl groups excluding tert-OH is 1. The maximum Gasteiger partial charge on any atom is 0.159 e. The molecular weight excluding hydrogens is 192 g/mol. The van der Waals surface area contributed by atoms with Crippen molar-refractivity contribution in [1.29, 1.82) is 0 Å². The Labute approximate surface area is 76.8 Å². The molecule has 4 nitrogen and oxygen atoms in total. The van der Waals surface area contributed by atoms with Crippen LogP contribution in [0.3, 0.4) is 0 Å². The van der Waals surface area contributed by atoms with E-state index in [1.807, 2.05) is 6.92 Å². The van der Waals surface area contributed by atoms with Crippen molar-refractivity contribution < 1.29 is 18.3 Å². The van der Waals surface area contributed by atoms with Crippen LogP contribution in [0.5, 0.6) is 0 Å². The predicted molar refractivity (Wildman–Crippen MR) is 45.0 cm³/mol. The average molecular weight is 204 g/mol. The van der Waals surface area contributed by atoms with Gasteiger partial charge in [-0.25, -0.2) is 8.42 Å². The highest BCUT2D eigenvalue weighted by Crippen LogP contribution is 2.56. The van der Waals surface area contributed by atoms with Crippen LogP contribution < -0.4 is 0 Å². The lowest BCUT2D eigenvalue weighted by molar-refractivity contribution is -0.0378. The molecule has 0 aliphatic carbocycles. The zero-order chi connectivity index (χ0) is 9.43. The van der Waals surface area contributed by atoms with Crippen molar-refractivity contribution in [3.05, 3.63) is 0 Å². The highest BCUT2D eigenvalue weighted by atomic mass is 32.2. The van der Waals surface area contributed by atoms with E-state index in [1.54, 1.807) is 0 Å². The topological polar surface area (TPSA) is 63.6 Å². The Kier molecular flexibility index (Phi) is 1.23. The fraction of sp³-hybridized carbons (Fsp3) is 1.00. The monoisotopic (exact) mass is 204 g/mol. The fourth-order valence-electron chi connectivity index (χ4n) is 3.03. The quantitative estimate of drug-likeness (QED) is 0.568. The third-order valence-corrected chi connectivity index (χ3v) is 6.12. The van der Waals surface area contributed by atoms with Crippen LogP contribution >= 0.6 is 0 Å². The van der Waals surface area contributed by atoms with Crippen LogP contribution in [0, 0.1) is 5.92 Å². The molecule has 3 aliphatic rings. The molecule has 1 spiro atoms. The van der Waals surface area contributed by atoms with Gasteiger partial charge in [0.05, 0.1) is 23.2 Å². The molecule has 5 unspecified atom stereocenters. The molecule has 3 saturated heterocycles. The van der Waals surface area contributed by atoms with Gasteiger partial charge in [-0.15, -0.1) is 0 Å². The van der Waals surface area contributed by atoms with Gasteiger partial charge in [0.25, 0.3) is 0 Å². The summed E-state index contributed by atoms with van der Waals surface area (Å²) in [7, 11) is -2.94. The Morgan fingerprint density at radius 1 is 1.54 bits per heavy atom. The molecule has 0 aromatic rings. The molecule has 3 heterocycles. The largest absolute Gasteiger partial charge is 0.390 e. The third-order valence-electron chi connectivity index (χ3n) is 3.81. The molecule has 1 N–H and O–H groups in total. The first kappa shape index (κ1) is 8.20. The molecule has 2 bridgehead atoms. The van der Waals surface area contributed by atoms with Crippen molar-refractivity contribution in [3.8, 4) is 0 Å². The third kappa shape index (κ3) is 0.692. The van der Waals surface area contributed by atoms with Gasteiger partial charge in [-0.05, 0) is 6.42 Å². The second kappa shape index (κ2) is 1.94. The summed E-state index contributed by atoms with van der Waals surface area (Å²) in [6.07, 6.45) is -0.0438. The number of sulfone groups is 1. The highest BCUT2D eigenvalue weighted by Gasteiger charge is 2.74. The molecule has 13 heavy (non-hydrogen) atoms. The minimum Gasteiger partial charge on any atom is -0.390 e. The van der Waals surface area contributed by atoms with Gasteiger partial charge >= 0.3 is 0 Å². The lowest BCUT2D eigenvalue weighted by Gasteiger charge is -2.45. The SMILES string of the molecule is CC1C2CC3C(CS3(=O)=O)(O2)C1O. The van der Waals surface area contributed by atoms with Gasteiger partial charge in [-0.2, -0.15) is 0 Å². The van der Waals surface area contributed by atoms with Gasteiger partial charge in [0.2, 0.25) is 0 Å². The van der Waals surface area contributed by atoms with Crippen molar-refractivity contribution in [3.63, 3.8) is 0 Å². The molecule has 0 radical (unpaired) electrons. The summed E-state index contributed by atoms with van der Waals surface area (Å²) in [6.45, 7) is 1.92. The van der Waals surface area contributed by atoms with Gasteiger partial charge < -0.3 is 9.84 Å². The van der Waals surface area contributed by atoms with E-state index >= 15 is 0 Å². The summed E-state index contributed by atoms with van der Waals surface area (Å²) < 4.78 is 28.3. The number of hydrogen-bond donors (Lipinski definition) is 1. The van der Waals surface area contributed by atoms with Gasteiger partial charge in [0.15, 0.2) is 9.84 Å². The number of fused-ring (bicyclic) bond motifs is 1. The van der Waals surface area contributed by atoms with E-state index in [0.717, 1.165) is 0 Å². The van der Waals surface area contributed by atoms with E-state index < -0.39 is 26.8 Å². The molecule has 3 aliphatic heterocycles. The van der Waals surface area contributed by atoms with Crippen molar-refractivity contribution in [2.75, 3.05) is 5.75 Å². The molecule has 0 amide bonds. The van der Waals surface area contributed by atoms with E-state index in [2.05, 4.69) is 0 Å². The maximum atomic E-state index is 11.3. The molecule has 74 valence electrons. The molecule has 0 aromatic heterocycles. The van der Waals surface area contributed by atoms with E-state index in [-0.39, 0.29) is 17.8 Å². The summed E-state index contributed by atoms with van der Waals surface area (Å²) in [5.74, 6) is 0.110. The molecule has 0 saturated carbocycles. The minimum atomic E-state index is -2.94. The Hall–Kier alpha value is -0.130. The van der Waals surface area contributed by atoms with E-state index in [4.69, 9.17) is 4.74 Å². The van der Waals surface area contributed by atoms with Crippen LogP contribution in [-0.4, -0.2) is 42.3 Å². The first-order valence-electron chi connectivity index (χ1n) is 4.55. The lowest BCUT2D eigenvalue weighted by atomic mass is 9.79. The minimum absolute atomic E-state index is 0.0205. The van der Waals surface area contributed by atoms with Gasteiger partial charge in [-0.3, -0.25) is 0 Å². The smallest absolute Gasteiger partial charge is 0.159 e. The summed E-state index contributed by atoms with van der Waals surface area (Å²) >= 11 is 0. The number of rotatable bonds is 0.